The summed E-state index contributed by atoms with van der Waals surface area (Å²) >= 11 is 0. The van der Waals surface area contributed by atoms with Crippen molar-refractivity contribution in [1.29, 1.82) is 5.26 Å². The molecule has 8 nitrogen and oxygen atoms in total. The topological polar surface area (TPSA) is 106 Å². The number of nitrogens with zero attached hydrogens (tertiary/aromatic N) is 5. The molecule has 6 rings (SSSR count). The van der Waals surface area contributed by atoms with E-state index in [9.17, 15) is 10.1 Å². The molecule has 1 N–H and O–H groups in total. The van der Waals surface area contributed by atoms with E-state index < -0.39 is 0 Å². The van der Waals surface area contributed by atoms with Gasteiger partial charge in [0.05, 0.1) is 53.1 Å². The number of nitrogens with one attached hydrogen (secondary N) is 1. The molecule has 176 valence electrons. The van der Waals surface area contributed by atoms with Crippen LogP contribution in [0.4, 0.5) is 0 Å². The van der Waals surface area contributed by atoms with Gasteiger partial charge in [-0.15, -0.1) is 0 Å². The van der Waals surface area contributed by atoms with Crippen molar-refractivity contribution in [2.75, 3.05) is 6.61 Å². The van der Waals surface area contributed by atoms with Crippen molar-refractivity contribution in [1.82, 2.24) is 24.8 Å². The lowest BCUT2D eigenvalue weighted by Crippen LogP contribution is -2.31. The maximum Gasteiger partial charge on any atom is 0.228 e. The second-order valence-corrected chi connectivity index (χ2v) is 9.48. The summed E-state index contributed by atoms with van der Waals surface area (Å²) in [5, 5.41) is 13.6. The van der Waals surface area contributed by atoms with Crippen LogP contribution in [0.1, 0.15) is 60.9 Å². The van der Waals surface area contributed by atoms with Gasteiger partial charge >= 0.3 is 0 Å². The van der Waals surface area contributed by atoms with Crippen molar-refractivity contribution in [3.63, 3.8) is 0 Å². The molecule has 1 unspecified atom stereocenters. The van der Waals surface area contributed by atoms with Gasteiger partial charge in [0.2, 0.25) is 5.91 Å². The van der Waals surface area contributed by atoms with E-state index >= 15 is 0 Å². The number of hydrogen-bond acceptors (Lipinski definition) is 6. The molecule has 4 heterocycles. The number of carbonyl (C=O) groups excluding carboxylic acids is 1. The Labute approximate surface area is 203 Å². The fourth-order valence-electron chi connectivity index (χ4n) is 5.56. The minimum Gasteiger partial charge on any atom is -0.378 e. The van der Waals surface area contributed by atoms with Crippen molar-refractivity contribution < 1.29 is 9.53 Å². The van der Waals surface area contributed by atoms with Gasteiger partial charge in [0, 0.05) is 24.2 Å². The molecule has 1 fully saturated rings. The zero-order valence-corrected chi connectivity index (χ0v) is 19.6. The van der Waals surface area contributed by atoms with E-state index in [1.165, 1.54) is 5.56 Å². The Hall–Kier alpha value is -3.83. The lowest BCUT2D eigenvalue weighted by molar-refractivity contribution is -0.121. The monoisotopic (exact) mass is 466 g/mol. The fourth-order valence-corrected chi connectivity index (χ4v) is 5.56. The first-order valence-electron chi connectivity index (χ1n) is 12.1. The average Bonchev–Trinajstić information content (AvgIpc) is 3.45. The third kappa shape index (κ3) is 3.92. The van der Waals surface area contributed by atoms with E-state index in [-0.39, 0.29) is 30.5 Å². The van der Waals surface area contributed by atoms with Gasteiger partial charge in [-0.25, -0.2) is 4.98 Å². The second kappa shape index (κ2) is 8.75. The number of imidazole rings is 1. The number of pyridine rings is 2. The summed E-state index contributed by atoms with van der Waals surface area (Å²) in [6, 6.07) is 11.8. The molecule has 35 heavy (non-hydrogen) atoms. The highest BCUT2D eigenvalue weighted by Gasteiger charge is 2.29. The molecule has 0 spiro atoms. The van der Waals surface area contributed by atoms with Crippen LogP contribution in [0.3, 0.4) is 0 Å². The predicted molar refractivity (Wildman–Crippen MR) is 131 cm³/mol. The molecule has 3 atom stereocenters. The van der Waals surface area contributed by atoms with Gasteiger partial charge in [0.15, 0.2) is 0 Å². The molecule has 2 aliphatic rings. The number of benzene rings is 1. The average molecular weight is 467 g/mol. The largest absolute Gasteiger partial charge is 0.378 e. The van der Waals surface area contributed by atoms with Crippen LogP contribution in [0, 0.1) is 11.3 Å². The summed E-state index contributed by atoms with van der Waals surface area (Å²) in [6.45, 7) is 2.74. The van der Waals surface area contributed by atoms with Crippen molar-refractivity contribution in [3.8, 4) is 6.07 Å². The molecule has 1 saturated heterocycles. The molecule has 0 bridgehead atoms. The standard InChI is InChI=1S/C27H26N6O2/c1-16-11-19(8-10-35-16)33-24(13-25(34)32-22-7-5-18-3-2-9-29-26(18)22)31-23-15-30-21-6-4-17(14-28)12-20(21)27(23)33/h2-4,6,9,12,15-16,19,22H,5,7-8,10-11,13H2,1H3,(H,32,34)/t16-,19-,22?/m1/s1. The van der Waals surface area contributed by atoms with Crippen LogP contribution >= 0.6 is 0 Å². The molecule has 1 amide bonds. The van der Waals surface area contributed by atoms with Crippen molar-refractivity contribution in [3.05, 3.63) is 65.4 Å². The molecule has 1 aliphatic carbocycles. The first-order valence-corrected chi connectivity index (χ1v) is 12.1. The zero-order valence-electron chi connectivity index (χ0n) is 19.6. The first kappa shape index (κ1) is 21.7. The third-order valence-electron chi connectivity index (χ3n) is 7.15. The van der Waals surface area contributed by atoms with E-state index in [1.807, 2.05) is 18.2 Å². The summed E-state index contributed by atoms with van der Waals surface area (Å²) in [7, 11) is 0. The van der Waals surface area contributed by atoms with Crippen LogP contribution in [0.25, 0.3) is 21.9 Å². The normalized spacial score (nSPS) is 21.7. The molecule has 3 aromatic heterocycles. The summed E-state index contributed by atoms with van der Waals surface area (Å²) in [5.41, 5.74) is 5.22. The van der Waals surface area contributed by atoms with Crippen molar-refractivity contribution >= 4 is 27.8 Å². The molecule has 0 saturated carbocycles. The van der Waals surface area contributed by atoms with Gasteiger partial charge in [-0.3, -0.25) is 14.8 Å². The second-order valence-electron chi connectivity index (χ2n) is 9.48. The molecule has 4 aromatic rings. The number of carbonyl (C=O) groups is 1. The lowest BCUT2D eigenvalue weighted by atomic mass is 10.0. The highest BCUT2D eigenvalue weighted by Crippen LogP contribution is 2.34. The minimum atomic E-state index is -0.0693. The van der Waals surface area contributed by atoms with Crippen LogP contribution in [0.5, 0.6) is 0 Å². The third-order valence-corrected chi connectivity index (χ3v) is 7.15. The van der Waals surface area contributed by atoms with E-state index in [4.69, 9.17) is 9.72 Å². The zero-order chi connectivity index (χ0) is 23.9. The van der Waals surface area contributed by atoms with Crippen LogP contribution in [-0.2, 0) is 22.4 Å². The summed E-state index contributed by atoms with van der Waals surface area (Å²) in [5.74, 6) is 0.646. The number of aromatic nitrogens is 4. The number of ether oxygens (including phenoxy) is 1. The highest BCUT2D eigenvalue weighted by atomic mass is 16.5. The molecule has 1 aromatic carbocycles. The maximum atomic E-state index is 13.2. The number of aryl methyl sites for hydroxylation is 1. The van der Waals surface area contributed by atoms with Crippen molar-refractivity contribution in [2.45, 2.75) is 57.2 Å². The molecule has 1 aliphatic heterocycles. The number of rotatable bonds is 4. The van der Waals surface area contributed by atoms with Gasteiger partial charge < -0.3 is 14.6 Å². The van der Waals surface area contributed by atoms with Gasteiger partial charge in [0.1, 0.15) is 11.3 Å². The molecular formula is C27H26N6O2. The Bertz CT molecular complexity index is 1490. The lowest BCUT2D eigenvalue weighted by Gasteiger charge is -2.30. The SMILES string of the molecule is C[C@@H]1C[C@H](n2c(CC(=O)NC3CCc4cccnc43)nc3cnc4ccc(C#N)cc4c32)CCO1. The Morgan fingerprint density at radius 3 is 3.03 bits per heavy atom. The molecular weight excluding hydrogens is 440 g/mol. The van der Waals surface area contributed by atoms with Gasteiger partial charge in [-0.1, -0.05) is 6.07 Å². The maximum absolute atomic E-state index is 13.2. The Balaban J connectivity index is 1.40. The van der Waals surface area contributed by atoms with Crippen LogP contribution < -0.4 is 5.32 Å². The van der Waals surface area contributed by atoms with Crippen LogP contribution in [0.2, 0.25) is 0 Å². The van der Waals surface area contributed by atoms with Gasteiger partial charge in [0.25, 0.3) is 0 Å². The number of amides is 1. The smallest absolute Gasteiger partial charge is 0.228 e. The predicted octanol–water partition coefficient (Wildman–Crippen LogP) is 3.94. The Kier molecular flexibility index (Phi) is 5.42. The minimum absolute atomic E-state index is 0.0692. The summed E-state index contributed by atoms with van der Waals surface area (Å²) in [4.78, 5) is 27.2. The van der Waals surface area contributed by atoms with E-state index in [0.717, 1.165) is 53.3 Å². The van der Waals surface area contributed by atoms with E-state index in [0.29, 0.717) is 18.0 Å². The van der Waals surface area contributed by atoms with E-state index in [1.54, 1.807) is 18.5 Å². The van der Waals surface area contributed by atoms with Crippen LogP contribution in [0.15, 0.2) is 42.7 Å². The quantitative estimate of drug-likeness (QED) is 0.488. The van der Waals surface area contributed by atoms with Crippen LogP contribution in [-0.4, -0.2) is 38.1 Å². The van der Waals surface area contributed by atoms with Gasteiger partial charge in [-0.2, -0.15) is 5.26 Å². The number of nitriles is 1. The number of hydrogen-bond donors (Lipinski definition) is 1. The Morgan fingerprint density at radius 1 is 1.26 bits per heavy atom. The number of fused-ring (bicyclic) bond motifs is 4. The van der Waals surface area contributed by atoms with E-state index in [2.05, 4.69) is 38.9 Å². The summed E-state index contributed by atoms with van der Waals surface area (Å²) in [6.07, 6.45) is 7.29. The highest BCUT2D eigenvalue weighted by molar-refractivity contribution is 6.03. The molecule has 0 radical (unpaired) electrons. The first-order chi connectivity index (χ1) is 17.1. The van der Waals surface area contributed by atoms with Gasteiger partial charge in [-0.05, 0) is 62.4 Å². The Morgan fingerprint density at radius 2 is 2.17 bits per heavy atom. The molecule has 8 heteroatoms. The van der Waals surface area contributed by atoms with Crippen molar-refractivity contribution in [2.24, 2.45) is 0 Å². The fraction of sp³-hybridized carbons (Fsp3) is 0.370. The summed E-state index contributed by atoms with van der Waals surface area (Å²) < 4.78 is 8.02.